The molecule has 2 aromatic carbocycles. The average molecular weight is 299 g/mol. The second kappa shape index (κ2) is 5.58. The van der Waals surface area contributed by atoms with Crippen LogP contribution in [0.15, 0.2) is 48.5 Å². The molecule has 5 heteroatoms. The third-order valence-corrected chi connectivity index (χ3v) is 3.56. The molecule has 0 aliphatic heterocycles. The first kappa shape index (κ1) is 13.6. The first-order valence-electron chi connectivity index (χ1n) is 6.61. The number of aromatic nitrogens is 2. The Kier molecular flexibility index (Phi) is 3.62. The van der Waals surface area contributed by atoms with Gasteiger partial charge in [0.05, 0.1) is 11.4 Å². The van der Waals surface area contributed by atoms with E-state index in [0.29, 0.717) is 11.0 Å². The van der Waals surface area contributed by atoms with Gasteiger partial charge in [-0.25, -0.2) is 0 Å². The highest BCUT2D eigenvalue weighted by molar-refractivity contribution is 6.34. The fourth-order valence-electron chi connectivity index (χ4n) is 2.26. The topological polar surface area (TPSA) is 41.0 Å². The molecule has 4 nitrogen and oxygen atoms in total. The minimum Gasteiger partial charge on any atom is -0.376 e. The molecule has 0 saturated heterocycles. The molecule has 3 rings (SSSR count). The summed E-state index contributed by atoms with van der Waals surface area (Å²) in [5, 5.41) is 13.8. The highest BCUT2D eigenvalue weighted by atomic mass is 35.5. The summed E-state index contributed by atoms with van der Waals surface area (Å²) < 4.78 is 0. The Labute approximate surface area is 128 Å². The minimum absolute atomic E-state index is 0.414. The van der Waals surface area contributed by atoms with Gasteiger partial charge in [-0.2, -0.15) is 0 Å². The molecule has 21 heavy (non-hydrogen) atoms. The van der Waals surface area contributed by atoms with Gasteiger partial charge in [0, 0.05) is 24.9 Å². The Bertz CT molecular complexity index is 786. The van der Waals surface area contributed by atoms with Gasteiger partial charge in [-0.15, -0.1) is 10.2 Å². The summed E-state index contributed by atoms with van der Waals surface area (Å²) in [4.78, 5) is 2.05. The van der Waals surface area contributed by atoms with Gasteiger partial charge in [-0.3, -0.25) is 0 Å². The summed E-state index contributed by atoms with van der Waals surface area (Å²) in [6, 6.07) is 15.9. The van der Waals surface area contributed by atoms with Crippen molar-refractivity contribution in [1.29, 1.82) is 0 Å². The van der Waals surface area contributed by atoms with Crippen LogP contribution in [0.25, 0.3) is 10.8 Å². The highest BCUT2D eigenvalue weighted by Crippen LogP contribution is 2.31. The molecule has 0 saturated carbocycles. The summed E-state index contributed by atoms with van der Waals surface area (Å²) >= 11 is 6.10. The second-order valence-electron chi connectivity index (χ2n) is 4.92. The highest BCUT2D eigenvalue weighted by Gasteiger charge is 2.10. The summed E-state index contributed by atoms with van der Waals surface area (Å²) in [5.41, 5.74) is 2.06. The fourth-order valence-corrected chi connectivity index (χ4v) is 2.46. The van der Waals surface area contributed by atoms with Crippen LogP contribution in [0, 0.1) is 0 Å². The van der Waals surface area contributed by atoms with Crippen molar-refractivity contribution in [2.75, 3.05) is 24.3 Å². The van der Waals surface area contributed by atoms with E-state index in [1.54, 1.807) is 0 Å². The third kappa shape index (κ3) is 2.62. The molecule has 0 unspecified atom stereocenters. The number of anilines is 3. The number of nitrogens with one attached hydrogen (secondary N) is 1. The summed E-state index contributed by atoms with van der Waals surface area (Å²) in [5.74, 6) is 0.698. The second-order valence-corrected chi connectivity index (χ2v) is 5.28. The lowest BCUT2D eigenvalue weighted by molar-refractivity contribution is 1.05. The Balaban J connectivity index is 2.09. The number of fused-ring (bicyclic) bond motifs is 1. The third-order valence-electron chi connectivity index (χ3n) is 3.28. The molecule has 0 atom stereocenters. The van der Waals surface area contributed by atoms with Crippen molar-refractivity contribution in [2.24, 2.45) is 0 Å². The first-order valence-corrected chi connectivity index (χ1v) is 6.99. The molecular weight excluding hydrogens is 284 g/mol. The van der Waals surface area contributed by atoms with Gasteiger partial charge in [0.15, 0.2) is 11.0 Å². The van der Waals surface area contributed by atoms with Gasteiger partial charge in [0.25, 0.3) is 0 Å². The number of para-hydroxylation sites is 2. The summed E-state index contributed by atoms with van der Waals surface area (Å²) in [7, 11) is 4.01. The van der Waals surface area contributed by atoms with Crippen LogP contribution in [-0.2, 0) is 0 Å². The molecule has 0 radical (unpaired) electrons. The average Bonchev–Trinajstić information content (AvgIpc) is 2.51. The van der Waals surface area contributed by atoms with Crippen LogP contribution in [0.4, 0.5) is 17.2 Å². The van der Waals surface area contributed by atoms with Crippen molar-refractivity contribution in [2.45, 2.75) is 0 Å². The van der Waals surface area contributed by atoms with Crippen molar-refractivity contribution in [3.63, 3.8) is 0 Å². The molecule has 0 aliphatic rings. The van der Waals surface area contributed by atoms with E-state index >= 15 is 0 Å². The fraction of sp³-hybridized carbons (Fsp3) is 0.125. The molecule has 1 aromatic heterocycles. The molecule has 1 heterocycles. The minimum atomic E-state index is 0.414. The zero-order valence-corrected chi connectivity index (χ0v) is 12.6. The predicted molar refractivity (Wildman–Crippen MR) is 88.6 cm³/mol. The molecule has 0 spiro atoms. The maximum Gasteiger partial charge on any atom is 0.161 e. The smallest absolute Gasteiger partial charge is 0.161 e. The van der Waals surface area contributed by atoms with Crippen LogP contribution >= 0.6 is 11.6 Å². The molecule has 0 bridgehead atoms. The zero-order chi connectivity index (χ0) is 14.8. The number of hydrogen-bond acceptors (Lipinski definition) is 4. The van der Waals surface area contributed by atoms with E-state index in [0.717, 1.165) is 22.1 Å². The van der Waals surface area contributed by atoms with E-state index in [2.05, 4.69) is 15.5 Å². The summed E-state index contributed by atoms with van der Waals surface area (Å²) in [6.07, 6.45) is 0. The lowest BCUT2D eigenvalue weighted by Crippen LogP contribution is -2.11. The van der Waals surface area contributed by atoms with E-state index in [1.165, 1.54) is 0 Å². The normalized spacial score (nSPS) is 10.6. The van der Waals surface area contributed by atoms with E-state index in [-0.39, 0.29) is 0 Å². The van der Waals surface area contributed by atoms with Crippen molar-refractivity contribution in [1.82, 2.24) is 10.2 Å². The van der Waals surface area contributed by atoms with Gasteiger partial charge < -0.3 is 10.2 Å². The van der Waals surface area contributed by atoms with Gasteiger partial charge in [-0.05, 0) is 12.1 Å². The van der Waals surface area contributed by atoms with Crippen LogP contribution in [-0.4, -0.2) is 24.3 Å². The van der Waals surface area contributed by atoms with Crippen LogP contribution in [0.5, 0.6) is 0 Å². The molecule has 1 N–H and O–H groups in total. The van der Waals surface area contributed by atoms with Gasteiger partial charge in [0.2, 0.25) is 0 Å². The quantitative estimate of drug-likeness (QED) is 0.790. The number of nitrogens with zero attached hydrogens (tertiary/aromatic N) is 3. The van der Waals surface area contributed by atoms with E-state index in [9.17, 15) is 0 Å². The van der Waals surface area contributed by atoms with Crippen molar-refractivity contribution in [3.8, 4) is 0 Å². The summed E-state index contributed by atoms with van der Waals surface area (Å²) in [6.45, 7) is 0. The first-order chi connectivity index (χ1) is 10.2. The van der Waals surface area contributed by atoms with E-state index < -0.39 is 0 Å². The Morgan fingerprint density at radius 2 is 1.57 bits per heavy atom. The number of halogens is 1. The lowest BCUT2D eigenvalue weighted by Gasteiger charge is -2.18. The monoisotopic (exact) mass is 298 g/mol. The molecule has 0 amide bonds. The van der Waals surface area contributed by atoms with Crippen LogP contribution in [0.2, 0.25) is 5.15 Å². The maximum absolute atomic E-state index is 6.10. The maximum atomic E-state index is 6.10. The van der Waals surface area contributed by atoms with E-state index in [1.807, 2.05) is 67.5 Å². The number of benzene rings is 2. The predicted octanol–water partition coefficient (Wildman–Crippen LogP) is 4.09. The molecule has 0 aliphatic carbocycles. The Morgan fingerprint density at radius 3 is 2.33 bits per heavy atom. The Morgan fingerprint density at radius 1 is 0.905 bits per heavy atom. The largest absolute Gasteiger partial charge is 0.376 e. The number of rotatable bonds is 3. The van der Waals surface area contributed by atoms with Gasteiger partial charge in [0.1, 0.15) is 0 Å². The molecule has 106 valence electrons. The standard InChI is InChI=1S/C16H15ClN4/c1-21(2)14-10-6-5-9-13(14)18-16-12-8-4-3-7-11(12)15(17)19-20-16/h3-10H,1-2H3,(H,18,20). The van der Waals surface area contributed by atoms with Crippen molar-refractivity contribution < 1.29 is 0 Å². The van der Waals surface area contributed by atoms with Crippen LogP contribution in [0.3, 0.4) is 0 Å². The molecular formula is C16H15ClN4. The molecule has 0 fully saturated rings. The number of hydrogen-bond donors (Lipinski definition) is 1. The lowest BCUT2D eigenvalue weighted by atomic mass is 10.2. The van der Waals surface area contributed by atoms with Gasteiger partial charge >= 0.3 is 0 Å². The van der Waals surface area contributed by atoms with Crippen molar-refractivity contribution >= 4 is 39.6 Å². The van der Waals surface area contributed by atoms with Crippen molar-refractivity contribution in [3.05, 3.63) is 53.7 Å². The van der Waals surface area contributed by atoms with E-state index in [4.69, 9.17) is 11.6 Å². The Hall–Kier alpha value is -2.33. The SMILES string of the molecule is CN(C)c1ccccc1Nc1nnc(Cl)c2ccccc12. The van der Waals surface area contributed by atoms with Crippen LogP contribution in [0.1, 0.15) is 0 Å². The molecule has 3 aromatic rings. The van der Waals surface area contributed by atoms with Gasteiger partial charge in [-0.1, -0.05) is 48.0 Å². The van der Waals surface area contributed by atoms with Crippen LogP contribution < -0.4 is 10.2 Å². The zero-order valence-electron chi connectivity index (χ0n) is 11.8.